The van der Waals surface area contributed by atoms with E-state index >= 15 is 0 Å². The largest absolute Gasteiger partial charge is 0.485 e. The van der Waals surface area contributed by atoms with Gasteiger partial charge >= 0.3 is 0 Å². The summed E-state index contributed by atoms with van der Waals surface area (Å²) in [6.07, 6.45) is 0. The van der Waals surface area contributed by atoms with E-state index in [-0.39, 0.29) is 0 Å². The molecule has 4 heteroatoms. The lowest BCUT2D eigenvalue weighted by atomic mass is 10.2. The molecular weight excluding hydrogens is 378 g/mol. The zero-order chi connectivity index (χ0) is 17.6. The van der Waals surface area contributed by atoms with Gasteiger partial charge in [0.1, 0.15) is 18.4 Å². The Balaban J connectivity index is 1.90. The number of para-hydroxylation sites is 1. The molecule has 3 rings (SSSR count). The van der Waals surface area contributed by atoms with Gasteiger partial charge in [-0.05, 0) is 42.3 Å². The molecule has 0 heterocycles. The van der Waals surface area contributed by atoms with Crippen molar-refractivity contribution in [2.45, 2.75) is 13.5 Å². The molecule has 0 saturated carbocycles. The van der Waals surface area contributed by atoms with Crippen LogP contribution >= 0.6 is 15.9 Å². The van der Waals surface area contributed by atoms with Crippen molar-refractivity contribution in [3.8, 4) is 23.3 Å². The number of nitrogens with zero attached hydrogens (tertiary/aromatic N) is 1. The second-order valence-corrected chi connectivity index (χ2v) is 6.39. The van der Waals surface area contributed by atoms with Crippen molar-refractivity contribution >= 4 is 15.9 Å². The Morgan fingerprint density at radius 2 is 1.64 bits per heavy atom. The molecule has 0 unspecified atom stereocenters. The average molecular weight is 394 g/mol. The highest BCUT2D eigenvalue weighted by atomic mass is 79.9. The Hall–Kier alpha value is -2.77. The van der Waals surface area contributed by atoms with E-state index in [1.54, 1.807) is 12.1 Å². The number of aryl methyl sites for hydroxylation is 1. The zero-order valence-corrected chi connectivity index (χ0v) is 15.3. The van der Waals surface area contributed by atoms with E-state index in [0.29, 0.717) is 29.4 Å². The third kappa shape index (κ3) is 4.20. The lowest BCUT2D eigenvalue weighted by Gasteiger charge is -2.15. The molecule has 0 saturated heterocycles. The van der Waals surface area contributed by atoms with Crippen molar-refractivity contribution in [3.63, 3.8) is 0 Å². The fourth-order valence-corrected chi connectivity index (χ4v) is 2.65. The van der Waals surface area contributed by atoms with Crippen LogP contribution in [0.4, 0.5) is 0 Å². The summed E-state index contributed by atoms with van der Waals surface area (Å²) in [4.78, 5) is 0. The summed E-state index contributed by atoms with van der Waals surface area (Å²) < 4.78 is 12.9. The fraction of sp³-hybridized carbons (Fsp3) is 0.0952. The topological polar surface area (TPSA) is 42.2 Å². The number of ether oxygens (including phenoxy) is 2. The second kappa shape index (κ2) is 7.87. The molecular formula is C21H16BrNO2. The van der Waals surface area contributed by atoms with Crippen molar-refractivity contribution in [1.29, 1.82) is 5.26 Å². The third-order valence-corrected chi connectivity index (χ3v) is 4.54. The first-order valence-electron chi connectivity index (χ1n) is 7.81. The zero-order valence-electron chi connectivity index (χ0n) is 13.7. The molecule has 0 radical (unpaired) electrons. The van der Waals surface area contributed by atoms with E-state index in [0.717, 1.165) is 15.6 Å². The smallest absolute Gasteiger partial charge is 0.170 e. The highest BCUT2D eigenvalue weighted by Crippen LogP contribution is 2.37. The molecule has 3 aromatic rings. The lowest BCUT2D eigenvalue weighted by molar-refractivity contribution is 0.291. The molecule has 124 valence electrons. The number of benzene rings is 3. The molecule has 0 aliphatic rings. The maximum absolute atomic E-state index is 9.25. The van der Waals surface area contributed by atoms with Gasteiger partial charge in [0, 0.05) is 4.47 Å². The van der Waals surface area contributed by atoms with Crippen molar-refractivity contribution in [3.05, 3.63) is 87.9 Å². The van der Waals surface area contributed by atoms with Crippen molar-refractivity contribution in [2.75, 3.05) is 0 Å². The maximum Gasteiger partial charge on any atom is 0.170 e. The van der Waals surface area contributed by atoms with E-state index in [4.69, 9.17) is 9.47 Å². The van der Waals surface area contributed by atoms with Crippen molar-refractivity contribution in [2.24, 2.45) is 0 Å². The van der Waals surface area contributed by atoms with Crippen LogP contribution < -0.4 is 9.47 Å². The first-order chi connectivity index (χ1) is 12.2. The molecule has 0 aliphatic heterocycles. The normalized spacial score (nSPS) is 10.1. The van der Waals surface area contributed by atoms with E-state index in [1.165, 1.54) is 0 Å². The number of hydrogen-bond acceptors (Lipinski definition) is 3. The van der Waals surface area contributed by atoms with Gasteiger partial charge in [0.2, 0.25) is 0 Å². The Labute approximate surface area is 155 Å². The van der Waals surface area contributed by atoms with E-state index in [2.05, 4.69) is 22.0 Å². The predicted molar refractivity (Wildman–Crippen MR) is 101 cm³/mol. The Kier molecular flexibility index (Phi) is 5.37. The molecule has 0 fully saturated rings. The van der Waals surface area contributed by atoms with Crippen molar-refractivity contribution in [1.82, 2.24) is 0 Å². The first kappa shape index (κ1) is 17.1. The van der Waals surface area contributed by atoms with Gasteiger partial charge in [-0.15, -0.1) is 0 Å². The monoisotopic (exact) mass is 393 g/mol. The van der Waals surface area contributed by atoms with Gasteiger partial charge < -0.3 is 9.47 Å². The summed E-state index contributed by atoms with van der Waals surface area (Å²) in [5, 5.41) is 9.25. The molecule has 0 atom stereocenters. The summed E-state index contributed by atoms with van der Waals surface area (Å²) in [7, 11) is 0. The minimum Gasteiger partial charge on any atom is -0.485 e. The van der Waals surface area contributed by atoms with E-state index < -0.39 is 0 Å². The molecule has 0 spiro atoms. The second-order valence-electron chi connectivity index (χ2n) is 5.53. The first-order valence-corrected chi connectivity index (χ1v) is 8.60. The third-order valence-electron chi connectivity index (χ3n) is 3.69. The Morgan fingerprint density at radius 3 is 2.40 bits per heavy atom. The molecule has 0 aliphatic carbocycles. The number of nitriles is 1. The SMILES string of the molecule is Cc1cc(OCc2ccccc2)c(Oc2ccccc2C#N)cc1Br. The Morgan fingerprint density at radius 1 is 0.920 bits per heavy atom. The summed E-state index contributed by atoms with van der Waals surface area (Å²) >= 11 is 3.52. The molecule has 0 aromatic heterocycles. The predicted octanol–water partition coefficient (Wildman–Crippen LogP) is 6.00. The fourth-order valence-electron chi connectivity index (χ4n) is 2.33. The van der Waals surface area contributed by atoms with Crippen molar-refractivity contribution < 1.29 is 9.47 Å². The van der Waals surface area contributed by atoms with Gasteiger partial charge in [-0.1, -0.05) is 58.4 Å². The van der Waals surface area contributed by atoms with Gasteiger partial charge in [0.15, 0.2) is 11.5 Å². The minimum absolute atomic E-state index is 0.443. The van der Waals surface area contributed by atoms with Gasteiger partial charge in [-0.3, -0.25) is 0 Å². The van der Waals surface area contributed by atoms with Crippen LogP contribution in [-0.2, 0) is 6.61 Å². The molecule has 3 nitrogen and oxygen atoms in total. The average Bonchev–Trinajstić information content (AvgIpc) is 2.64. The van der Waals surface area contributed by atoms with Gasteiger partial charge in [-0.25, -0.2) is 0 Å². The van der Waals surface area contributed by atoms with Crippen LogP contribution in [0.5, 0.6) is 17.2 Å². The summed E-state index contributed by atoms with van der Waals surface area (Å²) in [6, 6.07) is 23.0. The highest BCUT2D eigenvalue weighted by Gasteiger charge is 2.12. The number of halogens is 1. The quantitative estimate of drug-likeness (QED) is 0.533. The summed E-state index contributed by atoms with van der Waals surface area (Å²) in [5.74, 6) is 1.71. The molecule has 0 amide bonds. The molecule has 0 bridgehead atoms. The number of hydrogen-bond donors (Lipinski definition) is 0. The van der Waals surface area contributed by atoms with Crippen LogP contribution in [0.15, 0.2) is 71.2 Å². The summed E-state index contributed by atoms with van der Waals surface area (Å²) in [6.45, 7) is 2.44. The van der Waals surface area contributed by atoms with E-state index in [1.807, 2.05) is 61.5 Å². The van der Waals surface area contributed by atoms with Crippen LogP contribution in [-0.4, -0.2) is 0 Å². The van der Waals surface area contributed by atoms with Crippen LogP contribution in [0.2, 0.25) is 0 Å². The maximum atomic E-state index is 9.25. The van der Waals surface area contributed by atoms with Crippen LogP contribution in [0.3, 0.4) is 0 Å². The van der Waals surface area contributed by atoms with Gasteiger partial charge in [0.25, 0.3) is 0 Å². The molecule has 25 heavy (non-hydrogen) atoms. The van der Waals surface area contributed by atoms with Crippen LogP contribution in [0.25, 0.3) is 0 Å². The Bertz CT molecular complexity index is 917. The van der Waals surface area contributed by atoms with E-state index in [9.17, 15) is 5.26 Å². The van der Waals surface area contributed by atoms with Gasteiger partial charge in [-0.2, -0.15) is 5.26 Å². The highest BCUT2D eigenvalue weighted by molar-refractivity contribution is 9.10. The standard InChI is InChI=1S/C21H16BrNO2/c1-15-11-20(24-14-16-7-3-2-4-8-16)21(12-18(15)22)25-19-10-6-5-9-17(19)13-23/h2-12H,14H2,1H3. The minimum atomic E-state index is 0.443. The van der Waals surface area contributed by atoms with Gasteiger partial charge in [0.05, 0.1) is 5.56 Å². The summed E-state index contributed by atoms with van der Waals surface area (Å²) in [5.41, 5.74) is 2.60. The lowest BCUT2D eigenvalue weighted by Crippen LogP contribution is -1.99. The molecule has 3 aromatic carbocycles. The molecule has 0 N–H and O–H groups in total. The number of rotatable bonds is 5. The van der Waals surface area contributed by atoms with Crippen LogP contribution in [0.1, 0.15) is 16.7 Å². The van der Waals surface area contributed by atoms with Crippen LogP contribution in [0, 0.1) is 18.3 Å².